The Morgan fingerprint density at radius 3 is 2.86 bits per heavy atom. The molecule has 1 amide bonds. The van der Waals surface area contributed by atoms with E-state index < -0.39 is 0 Å². The van der Waals surface area contributed by atoms with Crippen molar-refractivity contribution in [3.8, 4) is 0 Å². The van der Waals surface area contributed by atoms with Crippen LogP contribution >= 0.6 is 0 Å². The van der Waals surface area contributed by atoms with E-state index in [1.165, 1.54) is 10.9 Å². The maximum Gasteiger partial charge on any atom is 0.261 e. The molecule has 146 valence electrons. The van der Waals surface area contributed by atoms with Gasteiger partial charge in [0.15, 0.2) is 0 Å². The summed E-state index contributed by atoms with van der Waals surface area (Å²) < 4.78 is 3.16. The van der Waals surface area contributed by atoms with Gasteiger partial charge in [-0.05, 0) is 30.9 Å². The van der Waals surface area contributed by atoms with Crippen molar-refractivity contribution < 1.29 is 9.90 Å². The number of fused-ring (bicyclic) bond motifs is 1. The van der Waals surface area contributed by atoms with Gasteiger partial charge in [-0.2, -0.15) is 5.10 Å². The molecule has 8 heteroatoms. The van der Waals surface area contributed by atoms with Crippen molar-refractivity contribution in [2.45, 2.75) is 38.0 Å². The molecule has 1 saturated carbocycles. The van der Waals surface area contributed by atoms with E-state index in [0.717, 1.165) is 5.56 Å². The van der Waals surface area contributed by atoms with Gasteiger partial charge in [0.25, 0.3) is 5.56 Å². The summed E-state index contributed by atoms with van der Waals surface area (Å²) in [7, 11) is 1.83. The number of hydrogen-bond donors (Lipinski definition) is 2. The molecule has 1 aliphatic carbocycles. The van der Waals surface area contributed by atoms with Gasteiger partial charge >= 0.3 is 0 Å². The van der Waals surface area contributed by atoms with E-state index in [9.17, 15) is 14.7 Å². The summed E-state index contributed by atoms with van der Waals surface area (Å²) in [6.45, 7) is 0.259. The lowest BCUT2D eigenvalue weighted by Gasteiger charge is -2.37. The Kier molecular flexibility index (Phi) is 4.95. The van der Waals surface area contributed by atoms with E-state index >= 15 is 0 Å². The standard InChI is InChI=1S/C20H23N5O3/c1-24-11-14(10-22-24)19(13-8-15(26)9-13)23-18(27)6-7-25-12-21-17-5-3-2-4-16(17)20(25)28/h2-5,10-13,15,19,26H,6-9H2,1H3,(H,23,27)/t13?,15?,19-/m0/s1. The molecule has 2 N–H and O–H groups in total. The van der Waals surface area contributed by atoms with Gasteiger partial charge in [-0.15, -0.1) is 0 Å². The van der Waals surface area contributed by atoms with Crippen molar-refractivity contribution in [2.24, 2.45) is 13.0 Å². The van der Waals surface area contributed by atoms with Crippen LogP contribution in [0.5, 0.6) is 0 Å². The molecule has 1 atom stereocenters. The molecule has 0 aliphatic heterocycles. The van der Waals surface area contributed by atoms with Crippen molar-refractivity contribution in [2.75, 3.05) is 0 Å². The Morgan fingerprint density at radius 2 is 2.14 bits per heavy atom. The fraction of sp³-hybridized carbons (Fsp3) is 0.400. The summed E-state index contributed by atoms with van der Waals surface area (Å²) in [6.07, 6.45) is 6.30. The minimum absolute atomic E-state index is 0.143. The lowest BCUT2D eigenvalue weighted by atomic mass is 9.75. The molecule has 1 aliphatic rings. The molecule has 1 fully saturated rings. The van der Waals surface area contributed by atoms with Crippen molar-refractivity contribution in [3.05, 3.63) is 58.9 Å². The highest BCUT2D eigenvalue weighted by Gasteiger charge is 2.36. The highest BCUT2D eigenvalue weighted by Crippen LogP contribution is 2.37. The Labute approximate surface area is 161 Å². The van der Waals surface area contributed by atoms with Gasteiger partial charge in [-0.1, -0.05) is 12.1 Å². The number of nitrogens with one attached hydrogen (secondary N) is 1. The second kappa shape index (κ2) is 7.55. The number of hydrogen-bond acceptors (Lipinski definition) is 5. The Morgan fingerprint density at radius 1 is 1.36 bits per heavy atom. The molecule has 0 radical (unpaired) electrons. The predicted octanol–water partition coefficient (Wildman–Crippen LogP) is 1.15. The highest BCUT2D eigenvalue weighted by molar-refractivity contribution is 5.77. The summed E-state index contributed by atoms with van der Waals surface area (Å²) in [5, 5.41) is 17.4. The SMILES string of the molecule is Cn1cc([C@@H](NC(=O)CCn2cnc3ccccc3c2=O)C2CC(O)C2)cn1. The molecule has 3 aromatic rings. The smallest absolute Gasteiger partial charge is 0.261 e. The summed E-state index contributed by atoms with van der Waals surface area (Å²) >= 11 is 0. The molecular weight excluding hydrogens is 358 g/mol. The molecule has 8 nitrogen and oxygen atoms in total. The average molecular weight is 381 g/mol. The van der Waals surface area contributed by atoms with E-state index in [4.69, 9.17) is 0 Å². The Balaban J connectivity index is 1.44. The number of para-hydroxylation sites is 1. The van der Waals surface area contributed by atoms with Gasteiger partial charge in [-0.25, -0.2) is 4.98 Å². The molecule has 0 spiro atoms. The Bertz CT molecular complexity index is 1050. The van der Waals surface area contributed by atoms with E-state index in [-0.39, 0.29) is 42.5 Å². The molecule has 4 rings (SSSR count). The second-order valence-corrected chi connectivity index (χ2v) is 7.39. The number of aliphatic hydroxyl groups excluding tert-OH is 1. The van der Waals surface area contributed by atoms with Crippen LogP contribution in [-0.2, 0) is 18.4 Å². The summed E-state index contributed by atoms with van der Waals surface area (Å²) in [5.41, 5.74) is 1.43. The Hall–Kier alpha value is -3.00. The molecule has 0 bridgehead atoms. The van der Waals surface area contributed by atoms with Gasteiger partial charge in [-0.3, -0.25) is 18.8 Å². The number of rotatable bonds is 6. The number of amides is 1. The number of aryl methyl sites for hydroxylation is 2. The van der Waals surface area contributed by atoms with E-state index in [1.54, 1.807) is 29.1 Å². The van der Waals surface area contributed by atoms with Gasteiger partial charge < -0.3 is 10.4 Å². The monoisotopic (exact) mass is 381 g/mol. The number of carbonyl (C=O) groups excluding carboxylic acids is 1. The second-order valence-electron chi connectivity index (χ2n) is 7.39. The minimum atomic E-state index is -0.302. The quantitative estimate of drug-likeness (QED) is 0.667. The lowest BCUT2D eigenvalue weighted by molar-refractivity contribution is -0.123. The average Bonchev–Trinajstić information content (AvgIpc) is 3.10. The fourth-order valence-electron chi connectivity index (χ4n) is 3.71. The van der Waals surface area contributed by atoms with Crippen molar-refractivity contribution in [1.29, 1.82) is 0 Å². The zero-order valence-corrected chi connectivity index (χ0v) is 15.7. The van der Waals surface area contributed by atoms with Crippen LogP contribution in [0.2, 0.25) is 0 Å². The molecule has 2 aromatic heterocycles. The van der Waals surface area contributed by atoms with Crippen LogP contribution in [0.3, 0.4) is 0 Å². The van der Waals surface area contributed by atoms with Crippen LogP contribution in [0, 0.1) is 5.92 Å². The molecule has 0 saturated heterocycles. The first kappa shape index (κ1) is 18.4. The molecular formula is C20H23N5O3. The van der Waals surface area contributed by atoms with Gasteiger partial charge in [0.05, 0.1) is 35.6 Å². The third-order valence-electron chi connectivity index (χ3n) is 5.33. The predicted molar refractivity (Wildman–Crippen MR) is 103 cm³/mol. The zero-order valence-electron chi connectivity index (χ0n) is 15.7. The first-order chi connectivity index (χ1) is 13.5. The van der Waals surface area contributed by atoms with Crippen LogP contribution in [0.4, 0.5) is 0 Å². The maximum atomic E-state index is 12.6. The normalized spacial score (nSPS) is 19.9. The van der Waals surface area contributed by atoms with Crippen molar-refractivity contribution in [1.82, 2.24) is 24.6 Å². The molecule has 1 aromatic carbocycles. The fourth-order valence-corrected chi connectivity index (χ4v) is 3.71. The van der Waals surface area contributed by atoms with Crippen LogP contribution in [0.25, 0.3) is 10.9 Å². The van der Waals surface area contributed by atoms with Gasteiger partial charge in [0, 0.05) is 31.8 Å². The van der Waals surface area contributed by atoms with E-state index in [0.29, 0.717) is 23.7 Å². The van der Waals surface area contributed by atoms with E-state index in [1.807, 2.05) is 19.3 Å². The van der Waals surface area contributed by atoms with Crippen LogP contribution in [0.1, 0.15) is 30.9 Å². The van der Waals surface area contributed by atoms with Gasteiger partial charge in [0.2, 0.25) is 5.91 Å². The first-order valence-corrected chi connectivity index (χ1v) is 9.41. The molecule has 0 unspecified atom stereocenters. The third kappa shape index (κ3) is 3.68. The highest BCUT2D eigenvalue weighted by atomic mass is 16.3. The summed E-state index contributed by atoms with van der Waals surface area (Å²) in [5.74, 6) is 0.0449. The van der Waals surface area contributed by atoms with Crippen molar-refractivity contribution >= 4 is 16.8 Å². The number of aromatic nitrogens is 4. The minimum Gasteiger partial charge on any atom is -0.393 e. The zero-order chi connectivity index (χ0) is 19.7. The number of nitrogens with zero attached hydrogens (tertiary/aromatic N) is 4. The molecule has 2 heterocycles. The first-order valence-electron chi connectivity index (χ1n) is 9.41. The molecule has 28 heavy (non-hydrogen) atoms. The largest absolute Gasteiger partial charge is 0.393 e. The maximum absolute atomic E-state index is 12.6. The van der Waals surface area contributed by atoms with Crippen LogP contribution in [0.15, 0.2) is 47.8 Å². The number of benzene rings is 1. The van der Waals surface area contributed by atoms with Crippen LogP contribution in [-0.4, -0.2) is 36.4 Å². The third-order valence-corrected chi connectivity index (χ3v) is 5.33. The number of aliphatic hydroxyl groups is 1. The summed E-state index contributed by atoms with van der Waals surface area (Å²) in [6, 6.07) is 6.98. The van der Waals surface area contributed by atoms with Gasteiger partial charge in [0.1, 0.15) is 0 Å². The van der Waals surface area contributed by atoms with E-state index in [2.05, 4.69) is 15.4 Å². The van der Waals surface area contributed by atoms with Crippen molar-refractivity contribution in [3.63, 3.8) is 0 Å². The van der Waals surface area contributed by atoms with Crippen LogP contribution < -0.4 is 10.9 Å². The number of carbonyl (C=O) groups is 1. The summed E-state index contributed by atoms with van der Waals surface area (Å²) in [4.78, 5) is 29.4. The lowest BCUT2D eigenvalue weighted by Crippen LogP contribution is -2.41. The topological polar surface area (TPSA) is 102 Å².